The molecule has 220 valence electrons. The Labute approximate surface area is 249 Å². The third-order valence-electron chi connectivity index (χ3n) is 7.19. The van der Waals surface area contributed by atoms with Gasteiger partial charge in [0.05, 0.1) is 64.3 Å². The van der Waals surface area contributed by atoms with Crippen LogP contribution in [0, 0.1) is 11.3 Å². The van der Waals surface area contributed by atoms with Crippen LogP contribution in [0.1, 0.15) is 19.4 Å². The van der Waals surface area contributed by atoms with Crippen molar-refractivity contribution in [1.82, 2.24) is 29.4 Å². The van der Waals surface area contributed by atoms with Crippen LogP contribution < -0.4 is 9.64 Å². The highest BCUT2D eigenvalue weighted by atomic mass is 32.2. The lowest BCUT2D eigenvalue weighted by molar-refractivity contribution is 0.0577. The maximum Gasteiger partial charge on any atom is 0.213 e. The van der Waals surface area contributed by atoms with Crippen molar-refractivity contribution in [2.75, 3.05) is 36.6 Å². The fourth-order valence-corrected chi connectivity index (χ4v) is 6.98. The summed E-state index contributed by atoms with van der Waals surface area (Å²) in [5.41, 5.74) is 4.21. The number of nitrogens with zero attached hydrogens (tertiary/aromatic N) is 9. The molecule has 0 aliphatic carbocycles. The number of methoxy groups -OCH3 is 1. The summed E-state index contributed by atoms with van der Waals surface area (Å²) in [4.78, 5) is 11.0. The van der Waals surface area contributed by atoms with Crippen molar-refractivity contribution in [2.24, 2.45) is 4.36 Å². The third kappa shape index (κ3) is 6.06. The first-order valence-corrected chi connectivity index (χ1v) is 15.6. The van der Waals surface area contributed by atoms with E-state index in [0.29, 0.717) is 53.8 Å². The Kier molecular flexibility index (Phi) is 7.33. The van der Waals surface area contributed by atoms with E-state index in [1.807, 2.05) is 30.6 Å². The van der Waals surface area contributed by atoms with Crippen LogP contribution >= 0.6 is 0 Å². The van der Waals surface area contributed by atoms with Crippen molar-refractivity contribution in [3.05, 3.63) is 73.1 Å². The van der Waals surface area contributed by atoms with Gasteiger partial charge in [-0.15, -0.1) is 0 Å². The highest BCUT2D eigenvalue weighted by Crippen LogP contribution is 2.32. The predicted octanol–water partition coefficient (Wildman–Crippen LogP) is 3.93. The van der Waals surface area contributed by atoms with Crippen molar-refractivity contribution in [3.8, 4) is 34.2 Å². The van der Waals surface area contributed by atoms with Crippen LogP contribution in [0.3, 0.4) is 0 Å². The van der Waals surface area contributed by atoms with E-state index in [1.54, 1.807) is 67.1 Å². The first kappa shape index (κ1) is 28.3. The number of fused-ring (bicyclic) bond motifs is 1. The maximum atomic E-state index is 13.4. The Morgan fingerprint density at radius 1 is 1.02 bits per heavy atom. The molecule has 5 aromatic rings. The number of pyridine rings is 3. The molecule has 0 saturated carbocycles. The molecule has 0 atom stereocenters. The first-order chi connectivity index (χ1) is 20.6. The number of nitriles is 1. The minimum absolute atomic E-state index is 0.353. The highest BCUT2D eigenvalue weighted by Gasteiger charge is 2.23. The van der Waals surface area contributed by atoms with Gasteiger partial charge in [-0.3, -0.25) is 4.68 Å². The van der Waals surface area contributed by atoms with Crippen molar-refractivity contribution >= 4 is 26.8 Å². The molecular formula is C30H31N9O3S. The van der Waals surface area contributed by atoms with Gasteiger partial charge in [0.2, 0.25) is 5.88 Å². The Morgan fingerprint density at radius 3 is 2.49 bits per heavy atom. The minimum atomic E-state index is -2.41. The fourth-order valence-electron chi connectivity index (χ4n) is 5.09. The van der Waals surface area contributed by atoms with Gasteiger partial charge in [0, 0.05) is 71.5 Å². The van der Waals surface area contributed by atoms with E-state index in [-0.39, 0.29) is 0 Å². The van der Waals surface area contributed by atoms with Crippen LogP contribution in [0.5, 0.6) is 5.88 Å². The van der Waals surface area contributed by atoms with E-state index in [0.717, 1.165) is 28.1 Å². The number of aliphatic hydroxyl groups is 1. The standard InChI is InChI=1S/C30H31N9O3S/c1-30(2,40)20-38-18-24(16-34-38)22-12-26(29-23(13-31)15-35-39(29)19-22)21-4-6-27(32-14-21)37-8-10-43(41,11-9-37)36-25-5-7-28(42-3)33-17-25/h4-7,12,14-19,40H,8-11,20H2,1-3H3. The quantitative estimate of drug-likeness (QED) is 0.295. The molecule has 1 aliphatic heterocycles. The van der Waals surface area contributed by atoms with Crippen LogP contribution in [0.2, 0.25) is 0 Å². The molecule has 6 rings (SSSR count). The number of rotatable bonds is 7. The summed E-state index contributed by atoms with van der Waals surface area (Å²) in [7, 11) is -0.858. The predicted molar refractivity (Wildman–Crippen MR) is 164 cm³/mol. The largest absolute Gasteiger partial charge is 0.481 e. The molecule has 0 bridgehead atoms. The zero-order chi connectivity index (χ0) is 30.2. The number of hydrogen-bond donors (Lipinski definition) is 1. The third-order valence-corrected chi connectivity index (χ3v) is 9.38. The Balaban J connectivity index is 1.25. The van der Waals surface area contributed by atoms with Gasteiger partial charge in [0.1, 0.15) is 11.9 Å². The Bertz CT molecular complexity index is 1930. The molecular weight excluding hydrogens is 566 g/mol. The minimum Gasteiger partial charge on any atom is -0.481 e. The van der Waals surface area contributed by atoms with Gasteiger partial charge in [-0.05, 0) is 38.1 Å². The molecule has 1 fully saturated rings. The monoisotopic (exact) mass is 597 g/mol. The van der Waals surface area contributed by atoms with E-state index in [2.05, 4.69) is 30.5 Å². The summed E-state index contributed by atoms with van der Waals surface area (Å²) >= 11 is 0. The van der Waals surface area contributed by atoms with Crippen molar-refractivity contribution < 1.29 is 14.1 Å². The normalized spacial score (nSPS) is 14.9. The molecule has 5 aromatic heterocycles. The van der Waals surface area contributed by atoms with Crippen LogP contribution in [-0.4, -0.2) is 76.0 Å². The summed E-state index contributed by atoms with van der Waals surface area (Å²) in [6, 6.07) is 11.6. The Hall–Kier alpha value is -4.80. The van der Waals surface area contributed by atoms with E-state index in [4.69, 9.17) is 9.72 Å². The molecule has 6 heterocycles. The number of ether oxygens (including phenoxy) is 1. The molecule has 43 heavy (non-hydrogen) atoms. The first-order valence-electron chi connectivity index (χ1n) is 13.7. The van der Waals surface area contributed by atoms with E-state index in [9.17, 15) is 14.6 Å². The van der Waals surface area contributed by atoms with Crippen molar-refractivity contribution in [3.63, 3.8) is 0 Å². The second kappa shape index (κ2) is 11.1. The van der Waals surface area contributed by atoms with Gasteiger partial charge < -0.3 is 14.7 Å². The van der Waals surface area contributed by atoms with Crippen LogP contribution in [0.25, 0.3) is 27.8 Å². The zero-order valence-corrected chi connectivity index (χ0v) is 24.9. The van der Waals surface area contributed by atoms with Gasteiger partial charge in [-0.1, -0.05) is 0 Å². The zero-order valence-electron chi connectivity index (χ0n) is 24.1. The molecule has 13 heteroatoms. The summed E-state index contributed by atoms with van der Waals surface area (Å²) in [6.45, 7) is 4.95. The van der Waals surface area contributed by atoms with Gasteiger partial charge in [-0.25, -0.2) is 18.7 Å². The van der Waals surface area contributed by atoms with Gasteiger partial charge in [0.15, 0.2) is 0 Å². The maximum absolute atomic E-state index is 13.4. The molecule has 0 aromatic carbocycles. The average molecular weight is 598 g/mol. The Morgan fingerprint density at radius 2 is 1.84 bits per heavy atom. The molecule has 12 nitrogen and oxygen atoms in total. The summed E-state index contributed by atoms with van der Waals surface area (Å²) < 4.78 is 26.4. The highest BCUT2D eigenvalue weighted by molar-refractivity contribution is 7.93. The topological polar surface area (TPSA) is 147 Å². The molecule has 1 N–H and O–H groups in total. The van der Waals surface area contributed by atoms with Gasteiger partial charge in [0.25, 0.3) is 0 Å². The molecule has 0 amide bonds. The van der Waals surface area contributed by atoms with E-state index >= 15 is 0 Å². The lowest BCUT2D eigenvalue weighted by Gasteiger charge is -2.29. The van der Waals surface area contributed by atoms with Crippen LogP contribution in [0.15, 0.2) is 71.9 Å². The fraction of sp³-hybridized carbons (Fsp3) is 0.300. The molecule has 0 radical (unpaired) electrons. The summed E-state index contributed by atoms with van der Waals surface area (Å²) in [6.07, 6.45) is 10.4. The number of aromatic nitrogens is 6. The summed E-state index contributed by atoms with van der Waals surface area (Å²) in [5, 5.41) is 28.8. The van der Waals surface area contributed by atoms with E-state index < -0.39 is 15.3 Å². The molecule has 1 aliphatic rings. The number of anilines is 1. The summed E-state index contributed by atoms with van der Waals surface area (Å²) in [5.74, 6) is 2.12. The average Bonchev–Trinajstić information content (AvgIpc) is 3.63. The molecule has 0 spiro atoms. The number of hydrogen-bond acceptors (Lipinski definition) is 10. The second-order valence-electron chi connectivity index (χ2n) is 11.1. The van der Waals surface area contributed by atoms with Gasteiger partial charge >= 0.3 is 0 Å². The van der Waals surface area contributed by atoms with Crippen LogP contribution in [0.4, 0.5) is 11.5 Å². The smallest absolute Gasteiger partial charge is 0.213 e. The van der Waals surface area contributed by atoms with Gasteiger partial charge in [-0.2, -0.15) is 19.8 Å². The van der Waals surface area contributed by atoms with Crippen molar-refractivity contribution in [2.45, 2.75) is 26.0 Å². The second-order valence-corrected chi connectivity index (χ2v) is 13.6. The lowest BCUT2D eigenvalue weighted by Crippen LogP contribution is -2.40. The SMILES string of the molecule is COc1ccc(N=S2(=O)CCN(c3ccc(-c4cc(-c5cnn(CC(C)(C)O)c5)cn5ncc(C#N)c45)cn3)CC2)cn1. The van der Waals surface area contributed by atoms with E-state index in [1.165, 1.54) is 0 Å². The van der Waals surface area contributed by atoms with Crippen molar-refractivity contribution in [1.29, 1.82) is 5.26 Å². The van der Waals surface area contributed by atoms with Crippen LogP contribution in [-0.2, 0) is 16.3 Å². The lowest BCUT2D eigenvalue weighted by atomic mass is 10.0. The molecule has 0 unspecified atom stereocenters. The molecule has 1 saturated heterocycles.